The molecule has 2 fully saturated rings. The van der Waals surface area contributed by atoms with E-state index in [2.05, 4.69) is 17.1 Å². The van der Waals surface area contributed by atoms with E-state index in [1.807, 2.05) is 19.2 Å². The zero-order valence-corrected chi connectivity index (χ0v) is 19.3. The molecule has 3 rings (SSSR count). The molecule has 1 aromatic rings. The van der Waals surface area contributed by atoms with Crippen molar-refractivity contribution in [1.29, 1.82) is 0 Å². The number of carbonyl (C=O) groups is 1. The number of amides is 1. The standard InChI is InChI=1S/C23H37N3O3S/c1-3-4-5-19-6-10-21(11-7-19)23(27)24-18-20-8-12-22(13-9-20)30(28,29)26-16-14-25(2)15-17-26/h8-9,12-13,19,21H,3-7,10-11,14-18H2,1-2H3,(H,24,27). The van der Waals surface area contributed by atoms with Gasteiger partial charge in [0.05, 0.1) is 4.90 Å². The van der Waals surface area contributed by atoms with Gasteiger partial charge in [0.15, 0.2) is 0 Å². The van der Waals surface area contributed by atoms with Crippen LogP contribution in [0.15, 0.2) is 29.2 Å². The number of unbranched alkanes of at least 4 members (excludes halogenated alkanes) is 1. The summed E-state index contributed by atoms with van der Waals surface area (Å²) in [7, 11) is -1.44. The molecule has 30 heavy (non-hydrogen) atoms. The Morgan fingerprint density at radius 3 is 2.27 bits per heavy atom. The molecule has 0 spiro atoms. The Kier molecular flexibility index (Phi) is 8.31. The van der Waals surface area contributed by atoms with E-state index in [4.69, 9.17) is 0 Å². The minimum absolute atomic E-state index is 0.125. The van der Waals surface area contributed by atoms with Crippen molar-refractivity contribution in [2.24, 2.45) is 11.8 Å². The second-order valence-corrected chi connectivity index (χ2v) is 10.9. The van der Waals surface area contributed by atoms with E-state index in [1.165, 1.54) is 19.3 Å². The summed E-state index contributed by atoms with van der Waals surface area (Å²) < 4.78 is 27.2. The lowest BCUT2D eigenvalue weighted by Gasteiger charge is -2.31. The second-order valence-electron chi connectivity index (χ2n) is 8.93. The smallest absolute Gasteiger partial charge is 0.243 e. The molecule has 7 heteroatoms. The Morgan fingerprint density at radius 1 is 1.03 bits per heavy atom. The van der Waals surface area contributed by atoms with Crippen molar-refractivity contribution >= 4 is 15.9 Å². The zero-order valence-electron chi connectivity index (χ0n) is 18.5. The van der Waals surface area contributed by atoms with Crippen molar-refractivity contribution in [3.63, 3.8) is 0 Å². The summed E-state index contributed by atoms with van der Waals surface area (Å²) in [4.78, 5) is 15.0. The maximum Gasteiger partial charge on any atom is 0.243 e. The molecule has 1 N–H and O–H groups in total. The fourth-order valence-electron chi connectivity index (χ4n) is 4.50. The van der Waals surface area contributed by atoms with E-state index >= 15 is 0 Å². The third-order valence-corrected chi connectivity index (χ3v) is 8.59. The molecule has 0 unspecified atom stereocenters. The molecule has 168 valence electrons. The third kappa shape index (κ3) is 6.05. The third-order valence-electron chi connectivity index (χ3n) is 6.67. The van der Waals surface area contributed by atoms with E-state index in [-0.39, 0.29) is 11.8 Å². The number of sulfonamides is 1. The van der Waals surface area contributed by atoms with Crippen LogP contribution in [0, 0.1) is 11.8 Å². The first kappa shape index (κ1) is 23.2. The Bertz CT molecular complexity index is 778. The number of piperazine rings is 1. The van der Waals surface area contributed by atoms with Crippen LogP contribution >= 0.6 is 0 Å². The average molecular weight is 436 g/mol. The van der Waals surface area contributed by atoms with Crippen LogP contribution < -0.4 is 5.32 Å². The molecule has 2 aliphatic rings. The number of nitrogens with one attached hydrogen (secondary N) is 1. The average Bonchev–Trinajstić information content (AvgIpc) is 2.77. The SMILES string of the molecule is CCCCC1CCC(C(=O)NCc2ccc(S(=O)(=O)N3CCN(C)CC3)cc2)CC1. The molecule has 0 bridgehead atoms. The molecule has 1 aliphatic heterocycles. The summed E-state index contributed by atoms with van der Waals surface area (Å²) in [5.74, 6) is 1.06. The molecule has 1 amide bonds. The molecular formula is C23H37N3O3S. The van der Waals surface area contributed by atoms with Crippen LogP contribution in [-0.4, -0.2) is 56.8 Å². The number of rotatable bonds is 8. The molecule has 6 nitrogen and oxygen atoms in total. The van der Waals surface area contributed by atoms with Crippen LogP contribution in [-0.2, 0) is 21.4 Å². The highest BCUT2D eigenvalue weighted by Crippen LogP contribution is 2.32. The normalized spacial score (nSPS) is 23.9. The van der Waals surface area contributed by atoms with Crippen molar-refractivity contribution < 1.29 is 13.2 Å². The van der Waals surface area contributed by atoms with Crippen LogP contribution in [0.3, 0.4) is 0 Å². The monoisotopic (exact) mass is 435 g/mol. The van der Waals surface area contributed by atoms with Gasteiger partial charge in [-0.1, -0.05) is 38.3 Å². The molecule has 0 atom stereocenters. The number of carbonyl (C=O) groups excluding carboxylic acids is 1. The van der Waals surface area contributed by atoms with Gasteiger partial charge >= 0.3 is 0 Å². The molecule has 0 radical (unpaired) electrons. The van der Waals surface area contributed by atoms with Gasteiger partial charge in [-0.25, -0.2) is 8.42 Å². The first-order chi connectivity index (χ1) is 14.4. The molecule has 1 aromatic carbocycles. The fourth-order valence-corrected chi connectivity index (χ4v) is 5.92. The van der Waals surface area contributed by atoms with E-state index in [1.54, 1.807) is 16.4 Å². The topological polar surface area (TPSA) is 69.7 Å². The first-order valence-corrected chi connectivity index (χ1v) is 12.9. The summed E-state index contributed by atoms with van der Waals surface area (Å²) in [6.45, 7) is 5.24. The molecule has 1 saturated heterocycles. The van der Waals surface area contributed by atoms with Crippen molar-refractivity contribution in [1.82, 2.24) is 14.5 Å². The number of nitrogens with zero attached hydrogens (tertiary/aromatic N) is 2. The van der Waals surface area contributed by atoms with Crippen LogP contribution in [0.5, 0.6) is 0 Å². The van der Waals surface area contributed by atoms with Gasteiger partial charge in [-0.2, -0.15) is 4.31 Å². The molecule has 0 aromatic heterocycles. The predicted octanol–water partition coefficient (Wildman–Crippen LogP) is 3.24. The van der Waals surface area contributed by atoms with Crippen LogP contribution in [0.4, 0.5) is 0 Å². The van der Waals surface area contributed by atoms with E-state index in [9.17, 15) is 13.2 Å². The minimum atomic E-state index is -3.44. The summed E-state index contributed by atoms with van der Waals surface area (Å²) in [5, 5.41) is 3.05. The fraction of sp³-hybridized carbons (Fsp3) is 0.696. The highest BCUT2D eigenvalue weighted by molar-refractivity contribution is 7.89. The van der Waals surface area contributed by atoms with Crippen LogP contribution in [0.2, 0.25) is 0 Å². The lowest BCUT2D eigenvalue weighted by Crippen LogP contribution is -2.47. The number of benzene rings is 1. The molecule has 1 aliphatic carbocycles. The van der Waals surface area contributed by atoms with Gasteiger partial charge in [0.2, 0.25) is 15.9 Å². The highest BCUT2D eigenvalue weighted by atomic mass is 32.2. The van der Waals surface area contributed by atoms with Crippen molar-refractivity contribution in [3.05, 3.63) is 29.8 Å². The number of likely N-dealkylation sites (N-methyl/N-ethyl adjacent to an activating group) is 1. The second kappa shape index (κ2) is 10.7. The quantitative estimate of drug-likeness (QED) is 0.681. The van der Waals surface area contributed by atoms with Crippen LogP contribution in [0.1, 0.15) is 57.4 Å². The largest absolute Gasteiger partial charge is 0.352 e. The molecule has 1 heterocycles. The maximum atomic E-state index is 12.8. The summed E-state index contributed by atoms with van der Waals surface area (Å²) >= 11 is 0. The highest BCUT2D eigenvalue weighted by Gasteiger charge is 2.28. The van der Waals surface area contributed by atoms with E-state index in [0.29, 0.717) is 24.5 Å². The maximum absolute atomic E-state index is 12.8. The number of hydrogen-bond acceptors (Lipinski definition) is 4. The van der Waals surface area contributed by atoms with E-state index < -0.39 is 10.0 Å². The first-order valence-electron chi connectivity index (χ1n) is 11.5. The predicted molar refractivity (Wildman–Crippen MR) is 120 cm³/mol. The number of hydrogen-bond donors (Lipinski definition) is 1. The van der Waals surface area contributed by atoms with Gasteiger partial charge in [-0.3, -0.25) is 4.79 Å². The molecule has 1 saturated carbocycles. The van der Waals surface area contributed by atoms with Gasteiger partial charge in [-0.05, 0) is 56.3 Å². The Labute approximate surface area is 182 Å². The van der Waals surface area contributed by atoms with Crippen molar-refractivity contribution in [3.8, 4) is 0 Å². The summed E-state index contributed by atoms with van der Waals surface area (Å²) in [5.41, 5.74) is 0.928. The lowest BCUT2D eigenvalue weighted by atomic mass is 9.79. The summed E-state index contributed by atoms with van der Waals surface area (Å²) in [6, 6.07) is 6.94. The van der Waals surface area contributed by atoms with Crippen LogP contribution in [0.25, 0.3) is 0 Å². The zero-order chi connectivity index (χ0) is 21.6. The van der Waals surface area contributed by atoms with Gasteiger partial charge in [0.1, 0.15) is 0 Å². The van der Waals surface area contributed by atoms with Gasteiger partial charge in [0.25, 0.3) is 0 Å². The minimum Gasteiger partial charge on any atom is -0.352 e. The Morgan fingerprint density at radius 2 is 1.67 bits per heavy atom. The Balaban J connectivity index is 1.47. The Hall–Kier alpha value is -1.44. The van der Waals surface area contributed by atoms with E-state index in [0.717, 1.165) is 50.3 Å². The summed E-state index contributed by atoms with van der Waals surface area (Å²) in [6.07, 6.45) is 8.14. The van der Waals surface area contributed by atoms with Gasteiger partial charge in [0, 0.05) is 38.6 Å². The van der Waals surface area contributed by atoms with Gasteiger partial charge in [-0.15, -0.1) is 0 Å². The van der Waals surface area contributed by atoms with Crippen molar-refractivity contribution in [2.45, 2.75) is 63.3 Å². The lowest BCUT2D eigenvalue weighted by molar-refractivity contribution is -0.126. The van der Waals surface area contributed by atoms with Crippen molar-refractivity contribution in [2.75, 3.05) is 33.2 Å². The van der Waals surface area contributed by atoms with Gasteiger partial charge < -0.3 is 10.2 Å². The molecular weight excluding hydrogens is 398 g/mol.